The van der Waals surface area contributed by atoms with E-state index in [1.165, 1.54) is 6.08 Å². The lowest BCUT2D eigenvalue weighted by atomic mass is 10.0. The van der Waals surface area contributed by atoms with Gasteiger partial charge in [0.15, 0.2) is 0 Å². The van der Waals surface area contributed by atoms with Crippen LogP contribution >= 0.6 is 0 Å². The van der Waals surface area contributed by atoms with Gasteiger partial charge in [0.05, 0.1) is 35.6 Å². The van der Waals surface area contributed by atoms with Crippen molar-refractivity contribution in [1.29, 1.82) is 0 Å². The van der Waals surface area contributed by atoms with Crippen LogP contribution in [0, 0.1) is 0 Å². The average molecular weight is 560 g/mol. The number of fused-ring (bicyclic) bond motifs is 3. The van der Waals surface area contributed by atoms with E-state index in [0.29, 0.717) is 40.9 Å². The number of hydrogen-bond acceptors (Lipinski definition) is 8. The van der Waals surface area contributed by atoms with Gasteiger partial charge in [-0.15, -0.1) is 0 Å². The van der Waals surface area contributed by atoms with Crippen molar-refractivity contribution in [2.45, 2.75) is 31.8 Å². The van der Waals surface area contributed by atoms with Crippen LogP contribution < -0.4 is 20.3 Å². The molecule has 0 aliphatic carbocycles. The first kappa shape index (κ1) is 28.4. The van der Waals surface area contributed by atoms with E-state index in [0.717, 1.165) is 48.2 Å². The Morgan fingerprint density at radius 3 is 2.76 bits per heavy atom. The quantitative estimate of drug-likeness (QED) is 0.162. The fourth-order valence-electron chi connectivity index (χ4n) is 5.36. The summed E-state index contributed by atoms with van der Waals surface area (Å²) in [5.74, 6) is 0.930. The zero-order chi connectivity index (χ0) is 29.1. The van der Waals surface area contributed by atoms with Crippen molar-refractivity contribution < 1.29 is 14.2 Å². The Morgan fingerprint density at radius 1 is 1.20 bits per heavy atom. The van der Waals surface area contributed by atoms with Crippen molar-refractivity contribution in [1.82, 2.24) is 19.4 Å². The Hall–Kier alpha value is -4.15. The predicted octanol–water partition coefficient (Wildman–Crippen LogP) is 5.57. The molecule has 3 N–H and O–H groups in total. The van der Waals surface area contributed by atoms with Crippen molar-refractivity contribution in [3.05, 3.63) is 67.0 Å². The van der Waals surface area contributed by atoms with Gasteiger partial charge in [0.1, 0.15) is 18.1 Å². The molecule has 216 valence electrons. The maximum atomic E-state index is 15.3. The number of nitrogens with one attached hydrogen (secondary N) is 2. The topological polar surface area (TPSA) is 90.7 Å². The first-order chi connectivity index (χ1) is 19.8. The number of methoxy groups -OCH3 is 1. The van der Waals surface area contributed by atoms with Crippen LogP contribution in [0.2, 0.25) is 0 Å². The molecule has 2 atom stereocenters. The third kappa shape index (κ3) is 5.84. The van der Waals surface area contributed by atoms with Gasteiger partial charge in [-0.2, -0.15) is 0 Å². The number of aliphatic hydroxyl groups excluding tert-OH is 1. The van der Waals surface area contributed by atoms with Crippen LogP contribution in [0.3, 0.4) is 0 Å². The molecule has 0 saturated carbocycles. The molecule has 4 aromatic rings. The van der Waals surface area contributed by atoms with E-state index < -0.39 is 12.4 Å². The summed E-state index contributed by atoms with van der Waals surface area (Å²) in [7, 11) is 7.64. The Kier molecular flexibility index (Phi) is 8.41. The van der Waals surface area contributed by atoms with Gasteiger partial charge in [-0.05, 0) is 51.2 Å². The summed E-state index contributed by atoms with van der Waals surface area (Å²) >= 11 is 0. The number of rotatable bonds is 11. The number of anilines is 4. The number of halogens is 1. The molecule has 0 saturated heterocycles. The summed E-state index contributed by atoms with van der Waals surface area (Å²) in [6.07, 6.45) is 2.41. The first-order valence-electron chi connectivity index (χ1n) is 13.8. The van der Waals surface area contributed by atoms with Crippen LogP contribution in [0.15, 0.2) is 61.3 Å². The standard InChI is InChI=1S/C31H38FN7O2/c1-6-28(40)34-23-18-24(27(41-5)19-26(23)38(4)17-16-37(2)3)36-31-33-14-13-22(35-31)29-20-10-7-8-12-25(20)39-15-9-11-21(32)30(29)39/h6-8,10,12-14,18-19,21,28,34,40H,1,9,11,15-17H2,2-5H3,(H,33,35,36). The summed E-state index contributed by atoms with van der Waals surface area (Å²) < 4.78 is 23.2. The van der Waals surface area contributed by atoms with E-state index in [4.69, 9.17) is 9.72 Å². The molecule has 0 bridgehead atoms. The van der Waals surface area contributed by atoms with Crippen molar-refractivity contribution in [2.75, 3.05) is 56.9 Å². The molecule has 10 heteroatoms. The van der Waals surface area contributed by atoms with Gasteiger partial charge in [-0.25, -0.2) is 14.4 Å². The molecule has 0 amide bonds. The number of alkyl halides is 1. The second-order valence-electron chi connectivity index (χ2n) is 10.5. The van der Waals surface area contributed by atoms with Crippen molar-refractivity contribution in [3.63, 3.8) is 0 Å². The summed E-state index contributed by atoms with van der Waals surface area (Å²) in [6, 6.07) is 13.6. The van der Waals surface area contributed by atoms with Crippen LogP contribution in [-0.2, 0) is 6.54 Å². The molecule has 1 aliphatic rings. The van der Waals surface area contributed by atoms with Crippen molar-refractivity contribution in [2.24, 2.45) is 0 Å². The number of likely N-dealkylation sites (N-methyl/N-ethyl adjacent to an activating group) is 2. The second-order valence-corrected chi connectivity index (χ2v) is 10.5. The van der Waals surface area contributed by atoms with Crippen molar-refractivity contribution in [3.8, 4) is 17.0 Å². The first-order valence-corrected chi connectivity index (χ1v) is 13.8. The van der Waals surface area contributed by atoms with Crippen LogP contribution in [-0.4, -0.2) is 72.1 Å². The number of aliphatic hydroxyl groups is 1. The number of benzene rings is 2. The van der Waals surface area contributed by atoms with Crippen LogP contribution in [0.1, 0.15) is 24.7 Å². The number of aromatic nitrogens is 3. The number of hydrogen-bond donors (Lipinski definition) is 3. The van der Waals surface area contributed by atoms with Gasteiger partial charge in [-0.1, -0.05) is 24.8 Å². The number of aryl methyl sites for hydroxylation is 1. The molecule has 2 aromatic heterocycles. The highest BCUT2D eigenvalue weighted by atomic mass is 19.1. The fourth-order valence-corrected chi connectivity index (χ4v) is 5.36. The third-order valence-corrected chi connectivity index (χ3v) is 7.44. The lowest BCUT2D eigenvalue weighted by molar-refractivity contribution is 0.253. The molecule has 0 spiro atoms. The number of ether oxygens (including phenoxy) is 1. The van der Waals surface area contributed by atoms with E-state index in [9.17, 15) is 5.11 Å². The molecule has 0 radical (unpaired) electrons. The van der Waals surface area contributed by atoms with Crippen molar-refractivity contribution >= 4 is 33.9 Å². The zero-order valence-electron chi connectivity index (χ0n) is 24.1. The van der Waals surface area contributed by atoms with E-state index in [1.54, 1.807) is 13.3 Å². The SMILES string of the molecule is C=CC(O)Nc1cc(Nc2nccc(-c3c4n(c5ccccc35)CCCC4F)n2)c(OC)cc1N(C)CCN(C)C. The Bertz CT molecular complexity index is 1540. The van der Waals surface area contributed by atoms with E-state index >= 15 is 4.39 Å². The maximum Gasteiger partial charge on any atom is 0.227 e. The molecule has 1 aliphatic heterocycles. The van der Waals surface area contributed by atoms with E-state index in [2.05, 4.69) is 36.6 Å². The fraction of sp³-hybridized carbons (Fsp3) is 0.355. The van der Waals surface area contributed by atoms with Gasteiger partial charge in [0, 0.05) is 55.4 Å². The lowest BCUT2D eigenvalue weighted by Crippen LogP contribution is -2.29. The highest BCUT2D eigenvalue weighted by Crippen LogP contribution is 2.43. The normalized spacial score (nSPS) is 15.4. The minimum Gasteiger partial charge on any atom is -0.494 e. The molecule has 2 aromatic carbocycles. The highest BCUT2D eigenvalue weighted by Gasteiger charge is 2.28. The van der Waals surface area contributed by atoms with Crippen LogP contribution in [0.4, 0.5) is 27.4 Å². The van der Waals surface area contributed by atoms with Gasteiger partial charge >= 0.3 is 0 Å². The van der Waals surface area contributed by atoms with Crippen LogP contribution in [0.25, 0.3) is 22.2 Å². The Labute approximate surface area is 240 Å². The van der Waals surface area contributed by atoms with Gasteiger partial charge in [0.25, 0.3) is 0 Å². The smallest absolute Gasteiger partial charge is 0.227 e. The Balaban J connectivity index is 1.54. The molecule has 0 fully saturated rings. The molecule has 5 rings (SSSR count). The largest absolute Gasteiger partial charge is 0.494 e. The monoisotopic (exact) mass is 559 g/mol. The average Bonchev–Trinajstić information content (AvgIpc) is 3.32. The highest BCUT2D eigenvalue weighted by molar-refractivity contribution is 5.97. The van der Waals surface area contributed by atoms with Gasteiger partial charge in [-0.3, -0.25) is 0 Å². The third-order valence-electron chi connectivity index (χ3n) is 7.44. The maximum absolute atomic E-state index is 15.3. The Morgan fingerprint density at radius 2 is 2.00 bits per heavy atom. The summed E-state index contributed by atoms with van der Waals surface area (Å²) in [4.78, 5) is 13.5. The minimum atomic E-state index is -1.06. The lowest BCUT2D eigenvalue weighted by Gasteiger charge is -2.27. The summed E-state index contributed by atoms with van der Waals surface area (Å²) in [6.45, 7) is 6.08. The van der Waals surface area contributed by atoms with Gasteiger partial charge < -0.3 is 34.8 Å². The molecule has 41 heavy (non-hydrogen) atoms. The number of para-hydroxylation sites is 1. The number of nitrogens with zero attached hydrogens (tertiary/aromatic N) is 5. The minimum absolute atomic E-state index is 0.347. The van der Waals surface area contributed by atoms with E-state index in [-0.39, 0.29) is 0 Å². The molecular weight excluding hydrogens is 521 g/mol. The molecule has 3 heterocycles. The molecule has 9 nitrogen and oxygen atoms in total. The zero-order valence-corrected chi connectivity index (χ0v) is 24.1. The van der Waals surface area contributed by atoms with Crippen LogP contribution in [0.5, 0.6) is 5.75 Å². The summed E-state index contributed by atoms with van der Waals surface area (Å²) in [5, 5.41) is 17.7. The van der Waals surface area contributed by atoms with Gasteiger partial charge in [0.2, 0.25) is 5.95 Å². The second kappa shape index (κ2) is 12.2. The predicted molar refractivity (Wildman–Crippen MR) is 164 cm³/mol. The molecular formula is C31H38FN7O2. The van der Waals surface area contributed by atoms with E-state index in [1.807, 2.05) is 63.6 Å². The molecule has 2 unspecified atom stereocenters. The summed E-state index contributed by atoms with van der Waals surface area (Å²) in [5.41, 5.74) is 5.29.